The van der Waals surface area contributed by atoms with Gasteiger partial charge in [0.2, 0.25) is 5.88 Å². The van der Waals surface area contributed by atoms with Crippen LogP contribution in [0.2, 0.25) is 0 Å². The fraction of sp³-hybridized carbons (Fsp3) is 0.133. The van der Waals surface area contributed by atoms with E-state index in [2.05, 4.69) is 15.0 Å². The van der Waals surface area contributed by atoms with E-state index in [1.54, 1.807) is 6.20 Å². The van der Waals surface area contributed by atoms with Gasteiger partial charge in [0, 0.05) is 6.20 Å². The summed E-state index contributed by atoms with van der Waals surface area (Å²) in [4.78, 5) is 13.1. The lowest BCUT2D eigenvalue weighted by atomic mass is 10.2. The molecule has 2 heterocycles. The van der Waals surface area contributed by atoms with Crippen molar-refractivity contribution in [1.82, 2.24) is 15.0 Å². The minimum atomic E-state index is -0.0583. The van der Waals surface area contributed by atoms with E-state index in [4.69, 9.17) is 9.84 Å². The van der Waals surface area contributed by atoms with Gasteiger partial charge in [-0.15, -0.1) is 0 Å². The summed E-state index contributed by atoms with van der Waals surface area (Å²) in [5, 5.41) is 9.73. The van der Waals surface area contributed by atoms with Crippen molar-refractivity contribution in [3.05, 3.63) is 48.7 Å². The molecule has 0 aliphatic rings. The number of para-hydroxylation sites is 1. The predicted octanol–water partition coefficient (Wildman–Crippen LogP) is 2.06. The van der Waals surface area contributed by atoms with E-state index >= 15 is 0 Å². The minimum absolute atomic E-state index is 0.0583. The van der Waals surface area contributed by atoms with Crippen molar-refractivity contribution in [2.24, 2.45) is 0 Å². The molecule has 3 rings (SSSR count). The van der Waals surface area contributed by atoms with Gasteiger partial charge in [0.15, 0.2) is 5.82 Å². The third-order valence-corrected chi connectivity index (χ3v) is 2.79. The number of aliphatic hydroxyl groups is 1. The van der Waals surface area contributed by atoms with Crippen molar-refractivity contribution < 1.29 is 9.84 Å². The number of hydrogen-bond donors (Lipinski definition) is 1. The molecule has 3 aromatic rings. The Morgan fingerprint density at radius 3 is 2.65 bits per heavy atom. The quantitative estimate of drug-likeness (QED) is 0.783. The van der Waals surface area contributed by atoms with Crippen molar-refractivity contribution >= 4 is 10.9 Å². The Balaban J connectivity index is 2.14. The van der Waals surface area contributed by atoms with E-state index < -0.39 is 0 Å². The lowest BCUT2D eigenvalue weighted by Crippen LogP contribution is -2.05. The first-order chi connectivity index (χ1) is 9.88. The number of rotatable bonds is 4. The topological polar surface area (TPSA) is 68.1 Å². The number of aromatic nitrogens is 3. The van der Waals surface area contributed by atoms with Crippen LogP contribution in [0.5, 0.6) is 5.88 Å². The minimum Gasteiger partial charge on any atom is -0.475 e. The lowest BCUT2D eigenvalue weighted by molar-refractivity contribution is 0.198. The molecule has 0 saturated carbocycles. The maximum Gasteiger partial charge on any atom is 0.225 e. The van der Waals surface area contributed by atoms with Crippen LogP contribution in [-0.4, -0.2) is 33.3 Å². The summed E-state index contributed by atoms with van der Waals surface area (Å²) >= 11 is 0. The highest BCUT2D eigenvalue weighted by Gasteiger charge is 2.10. The molecule has 0 amide bonds. The zero-order chi connectivity index (χ0) is 13.8. The summed E-state index contributed by atoms with van der Waals surface area (Å²) in [6.45, 7) is 0.139. The molecule has 0 unspecified atom stereocenters. The van der Waals surface area contributed by atoms with E-state index in [0.717, 1.165) is 10.9 Å². The number of ether oxygens (including phenoxy) is 1. The average Bonchev–Trinajstić information content (AvgIpc) is 2.53. The summed E-state index contributed by atoms with van der Waals surface area (Å²) in [6.07, 6.45) is 1.70. The highest BCUT2D eigenvalue weighted by atomic mass is 16.5. The van der Waals surface area contributed by atoms with Gasteiger partial charge >= 0.3 is 0 Å². The van der Waals surface area contributed by atoms with Gasteiger partial charge in [-0.05, 0) is 24.3 Å². The van der Waals surface area contributed by atoms with E-state index in [1.165, 1.54) is 0 Å². The van der Waals surface area contributed by atoms with Crippen LogP contribution in [0.25, 0.3) is 22.4 Å². The third-order valence-electron chi connectivity index (χ3n) is 2.79. The highest BCUT2D eigenvalue weighted by molar-refractivity contribution is 5.84. The molecule has 5 heteroatoms. The second-order valence-electron chi connectivity index (χ2n) is 4.16. The zero-order valence-corrected chi connectivity index (χ0v) is 10.7. The summed E-state index contributed by atoms with van der Waals surface area (Å²) in [5.41, 5.74) is 1.48. The Labute approximate surface area is 115 Å². The zero-order valence-electron chi connectivity index (χ0n) is 10.7. The molecule has 0 saturated heterocycles. The van der Waals surface area contributed by atoms with Crippen molar-refractivity contribution in [2.45, 2.75) is 0 Å². The molecular formula is C15H13N3O2. The number of nitrogens with zero attached hydrogens (tertiary/aromatic N) is 3. The second-order valence-corrected chi connectivity index (χ2v) is 4.16. The van der Waals surface area contributed by atoms with Crippen molar-refractivity contribution in [1.29, 1.82) is 0 Å². The molecule has 1 N–H and O–H groups in total. The fourth-order valence-electron chi connectivity index (χ4n) is 1.91. The van der Waals surface area contributed by atoms with Crippen molar-refractivity contribution in [3.8, 4) is 17.4 Å². The van der Waals surface area contributed by atoms with Gasteiger partial charge in [-0.25, -0.2) is 4.98 Å². The van der Waals surface area contributed by atoms with Gasteiger partial charge in [-0.1, -0.05) is 18.2 Å². The molecule has 0 fully saturated rings. The van der Waals surface area contributed by atoms with E-state index in [1.807, 2.05) is 42.5 Å². The smallest absolute Gasteiger partial charge is 0.225 e. The Morgan fingerprint density at radius 2 is 1.85 bits per heavy atom. The third kappa shape index (κ3) is 2.44. The maximum atomic E-state index is 8.91. The monoisotopic (exact) mass is 267 g/mol. The first-order valence-corrected chi connectivity index (χ1v) is 6.30. The standard InChI is InChI=1S/C15H13N3O2/c19-9-10-20-15-11-5-1-2-6-12(11)17-14(18-15)13-7-3-4-8-16-13/h1-8,19H,9-10H2. The van der Waals surface area contributed by atoms with Gasteiger partial charge < -0.3 is 9.84 Å². The summed E-state index contributed by atoms with van der Waals surface area (Å²) < 4.78 is 5.50. The van der Waals surface area contributed by atoms with Crippen LogP contribution >= 0.6 is 0 Å². The van der Waals surface area contributed by atoms with Gasteiger partial charge in [-0.2, -0.15) is 4.98 Å². The van der Waals surface area contributed by atoms with Gasteiger partial charge in [0.05, 0.1) is 17.5 Å². The molecule has 1 aromatic carbocycles. The number of pyridine rings is 1. The fourth-order valence-corrected chi connectivity index (χ4v) is 1.91. The lowest BCUT2D eigenvalue weighted by Gasteiger charge is -2.09. The first kappa shape index (κ1) is 12.5. The Morgan fingerprint density at radius 1 is 1.00 bits per heavy atom. The maximum absolute atomic E-state index is 8.91. The van der Waals surface area contributed by atoms with Crippen LogP contribution in [-0.2, 0) is 0 Å². The van der Waals surface area contributed by atoms with Crippen LogP contribution in [0.4, 0.5) is 0 Å². The molecule has 0 radical (unpaired) electrons. The van der Waals surface area contributed by atoms with Crippen LogP contribution in [0, 0.1) is 0 Å². The SMILES string of the molecule is OCCOc1nc(-c2ccccn2)nc2ccccc12. The molecule has 0 aliphatic heterocycles. The Bertz CT molecular complexity index is 717. The number of aliphatic hydroxyl groups excluding tert-OH is 1. The molecular weight excluding hydrogens is 254 g/mol. The number of hydrogen-bond acceptors (Lipinski definition) is 5. The van der Waals surface area contributed by atoms with Crippen LogP contribution in [0.1, 0.15) is 0 Å². The van der Waals surface area contributed by atoms with Crippen molar-refractivity contribution in [2.75, 3.05) is 13.2 Å². The number of fused-ring (bicyclic) bond motifs is 1. The molecule has 100 valence electrons. The molecule has 0 spiro atoms. The van der Waals surface area contributed by atoms with E-state index in [-0.39, 0.29) is 13.2 Å². The summed E-state index contributed by atoms with van der Waals surface area (Å²) in [7, 11) is 0. The molecule has 0 bridgehead atoms. The largest absolute Gasteiger partial charge is 0.475 e. The van der Waals surface area contributed by atoms with E-state index in [0.29, 0.717) is 17.4 Å². The second kappa shape index (κ2) is 5.63. The number of benzene rings is 1. The van der Waals surface area contributed by atoms with Crippen molar-refractivity contribution in [3.63, 3.8) is 0 Å². The summed E-state index contributed by atoms with van der Waals surface area (Å²) in [6, 6.07) is 13.2. The molecule has 0 aliphatic carbocycles. The molecule has 5 nitrogen and oxygen atoms in total. The predicted molar refractivity (Wildman–Crippen MR) is 75.3 cm³/mol. The van der Waals surface area contributed by atoms with Crippen LogP contribution < -0.4 is 4.74 Å². The van der Waals surface area contributed by atoms with Gasteiger partial charge in [0.1, 0.15) is 12.3 Å². The van der Waals surface area contributed by atoms with Crippen LogP contribution in [0.15, 0.2) is 48.7 Å². The molecule has 20 heavy (non-hydrogen) atoms. The normalized spacial score (nSPS) is 10.7. The Hall–Kier alpha value is -2.53. The molecule has 2 aromatic heterocycles. The Kier molecular flexibility index (Phi) is 3.52. The van der Waals surface area contributed by atoms with Crippen LogP contribution in [0.3, 0.4) is 0 Å². The summed E-state index contributed by atoms with van der Waals surface area (Å²) in [5.74, 6) is 0.975. The van der Waals surface area contributed by atoms with Gasteiger partial charge in [-0.3, -0.25) is 4.98 Å². The first-order valence-electron chi connectivity index (χ1n) is 6.30. The average molecular weight is 267 g/mol. The van der Waals surface area contributed by atoms with E-state index in [9.17, 15) is 0 Å². The van der Waals surface area contributed by atoms with Gasteiger partial charge in [0.25, 0.3) is 0 Å². The highest BCUT2D eigenvalue weighted by Crippen LogP contribution is 2.25. The molecule has 0 atom stereocenters.